The smallest absolute Gasteiger partial charge is 0.186 e. The van der Waals surface area contributed by atoms with Crippen LogP contribution in [0, 0.1) is 0 Å². The minimum atomic E-state index is -1.88. The molecule has 4 rings (SSSR count). The molecule has 14 N–H and O–H groups in total. The van der Waals surface area contributed by atoms with Crippen LogP contribution >= 0.6 is 0 Å². The van der Waals surface area contributed by atoms with Gasteiger partial charge in [-0.2, -0.15) is 0 Å². The van der Waals surface area contributed by atoms with Crippen LogP contribution < -0.4 is 0 Å². The standard InChI is InChI=1S/C24H42O21/c25-1-5-9(26)14(31)18(35)22(43-5)40-3-7-11(28)16(33)20(37)24(45-7)41-4-8-12(29)15(32)19(36)23(44-8)39-2-6-10(27)13(30)17(34)21(38)42-6/h5-38H,1-4H2/t5-,6-,7-,8-,9+,10+,11+,12+,13+,14+,15+,16+,17-,18-,19-,20-,21+,22+,23+,24+/m1/s1. The van der Waals surface area contributed by atoms with Gasteiger partial charge in [0.2, 0.25) is 0 Å². The fraction of sp³-hybridized carbons (Fsp3) is 1.00. The zero-order valence-electron chi connectivity index (χ0n) is 23.5. The first-order chi connectivity index (χ1) is 21.2. The molecule has 20 atom stereocenters. The summed E-state index contributed by atoms with van der Waals surface area (Å²) in [4.78, 5) is 0. The molecule has 0 aliphatic carbocycles. The van der Waals surface area contributed by atoms with Crippen LogP contribution in [0.15, 0.2) is 0 Å². The molecule has 4 heterocycles. The molecule has 0 aromatic heterocycles. The second-order valence-corrected chi connectivity index (χ2v) is 11.3. The Morgan fingerprint density at radius 3 is 0.978 bits per heavy atom. The highest BCUT2D eigenvalue weighted by Gasteiger charge is 2.50. The summed E-state index contributed by atoms with van der Waals surface area (Å²) < 4.78 is 37.2. The molecule has 0 bridgehead atoms. The van der Waals surface area contributed by atoms with Crippen molar-refractivity contribution in [3.05, 3.63) is 0 Å². The summed E-state index contributed by atoms with van der Waals surface area (Å²) in [5.41, 5.74) is 0. The maximum Gasteiger partial charge on any atom is 0.186 e. The minimum Gasteiger partial charge on any atom is -0.394 e. The summed E-state index contributed by atoms with van der Waals surface area (Å²) in [6.45, 7) is -2.67. The molecular weight excluding hydrogens is 624 g/mol. The average Bonchev–Trinajstić information content (AvgIpc) is 3.02. The van der Waals surface area contributed by atoms with Crippen molar-refractivity contribution in [1.29, 1.82) is 0 Å². The number of aliphatic hydroxyl groups excluding tert-OH is 14. The van der Waals surface area contributed by atoms with Crippen LogP contribution in [0.25, 0.3) is 0 Å². The highest BCUT2D eigenvalue weighted by molar-refractivity contribution is 4.94. The fourth-order valence-electron chi connectivity index (χ4n) is 5.23. The first-order valence-corrected chi connectivity index (χ1v) is 14.1. The zero-order valence-corrected chi connectivity index (χ0v) is 23.5. The van der Waals surface area contributed by atoms with E-state index in [1.807, 2.05) is 0 Å². The predicted octanol–water partition coefficient (Wildman–Crippen LogP) is -9.75. The van der Waals surface area contributed by atoms with Gasteiger partial charge in [0.1, 0.15) is 97.7 Å². The SMILES string of the molecule is OC[C@H]1O[C@H](OC[C@H]2O[C@H](OC[C@H]3O[C@H](OC[C@H]4O[C@H](O)[C@H](O)[C@@H](O)[C@H]4O)[C@H](O)[C@@H](O)[C@H]3O)[C@H](O)[C@@H](O)[C@H]2O)[C@H](O)[C@@H](O)[C@H]1O. The predicted molar refractivity (Wildman–Crippen MR) is 134 cm³/mol. The van der Waals surface area contributed by atoms with Crippen molar-refractivity contribution >= 4 is 0 Å². The minimum absolute atomic E-state index is 0.633. The maximum absolute atomic E-state index is 10.4. The number of aliphatic hydroxyl groups is 14. The van der Waals surface area contributed by atoms with E-state index < -0.39 is 149 Å². The van der Waals surface area contributed by atoms with E-state index in [9.17, 15) is 71.5 Å². The fourth-order valence-corrected chi connectivity index (χ4v) is 5.23. The third kappa shape index (κ3) is 7.91. The Labute approximate surface area is 254 Å². The summed E-state index contributed by atoms with van der Waals surface area (Å²) >= 11 is 0. The van der Waals surface area contributed by atoms with Gasteiger partial charge in [-0.05, 0) is 0 Å². The van der Waals surface area contributed by atoms with Crippen LogP contribution in [0.2, 0.25) is 0 Å². The van der Waals surface area contributed by atoms with Crippen molar-refractivity contribution in [2.45, 2.75) is 123 Å². The first kappa shape index (κ1) is 37.0. The molecule has 0 amide bonds. The normalized spacial score (nSPS) is 52.9. The largest absolute Gasteiger partial charge is 0.394 e. The van der Waals surface area contributed by atoms with E-state index in [0.29, 0.717) is 0 Å². The monoisotopic (exact) mass is 666 g/mol. The maximum atomic E-state index is 10.4. The van der Waals surface area contributed by atoms with Gasteiger partial charge < -0.3 is 105 Å². The van der Waals surface area contributed by atoms with Crippen LogP contribution in [-0.4, -0.2) is 221 Å². The van der Waals surface area contributed by atoms with Crippen LogP contribution in [-0.2, 0) is 33.2 Å². The summed E-state index contributed by atoms with van der Waals surface area (Å²) in [5.74, 6) is 0. The molecule has 4 fully saturated rings. The van der Waals surface area contributed by atoms with Crippen molar-refractivity contribution in [1.82, 2.24) is 0 Å². The van der Waals surface area contributed by atoms with Gasteiger partial charge in [-0.3, -0.25) is 0 Å². The Bertz CT molecular complexity index is 916. The van der Waals surface area contributed by atoms with Crippen molar-refractivity contribution in [2.24, 2.45) is 0 Å². The second kappa shape index (κ2) is 15.6. The highest BCUT2D eigenvalue weighted by Crippen LogP contribution is 2.29. The molecule has 4 aliphatic heterocycles. The molecule has 4 saturated heterocycles. The van der Waals surface area contributed by atoms with E-state index in [0.717, 1.165) is 0 Å². The quantitative estimate of drug-likeness (QED) is 0.103. The van der Waals surface area contributed by atoms with Gasteiger partial charge in [-0.25, -0.2) is 0 Å². The molecule has 4 aliphatic rings. The second-order valence-electron chi connectivity index (χ2n) is 11.3. The summed E-state index contributed by atoms with van der Waals surface area (Å²) in [5, 5.41) is 141. The van der Waals surface area contributed by atoms with Crippen molar-refractivity contribution in [3.8, 4) is 0 Å². The summed E-state index contributed by atoms with van der Waals surface area (Å²) in [7, 11) is 0. The van der Waals surface area contributed by atoms with E-state index in [2.05, 4.69) is 0 Å². The number of hydrogen-bond acceptors (Lipinski definition) is 21. The van der Waals surface area contributed by atoms with Gasteiger partial charge in [0.05, 0.1) is 26.4 Å². The Kier molecular flexibility index (Phi) is 12.8. The number of hydrogen-bond donors (Lipinski definition) is 14. The van der Waals surface area contributed by atoms with Gasteiger partial charge in [0, 0.05) is 0 Å². The van der Waals surface area contributed by atoms with Crippen molar-refractivity contribution in [2.75, 3.05) is 26.4 Å². The molecule has 264 valence electrons. The van der Waals surface area contributed by atoms with Crippen LogP contribution in [0.5, 0.6) is 0 Å². The van der Waals surface area contributed by atoms with Crippen LogP contribution in [0.4, 0.5) is 0 Å². The molecule has 0 aromatic rings. The molecule has 21 heteroatoms. The first-order valence-electron chi connectivity index (χ1n) is 14.1. The topological polar surface area (TPSA) is 348 Å². The zero-order chi connectivity index (χ0) is 33.3. The molecule has 0 unspecified atom stereocenters. The lowest BCUT2D eigenvalue weighted by atomic mass is 9.98. The molecule has 0 saturated carbocycles. The van der Waals surface area contributed by atoms with E-state index in [-0.39, 0.29) is 0 Å². The molecule has 0 aromatic carbocycles. The van der Waals surface area contributed by atoms with Gasteiger partial charge >= 0.3 is 0 Å². The highest BCUT2D eigenvalue weighted by atomic mass is 16.7. The Morgan fingerprint density at radius 2 is 0.622 bits per heavy atom. The van der Waals surface area contributed by atoms with Crippen molar-refractivity contribution in [3.63, 3.8) is 0 Å². The molecule has 0 radical (unpaired) electrons. The van der Waals surface area contributed by atoms with Crippen LogP contribution in [0.1, 0.15) is 0 Å². The van der Waals surface area contributed by atoms with Crippen LogP contribution in [0.3, 0.4) is 0 Å². The molecule has 21 nitrogen and oxygen atoms in total. The van der Waals surface area contributed by atoms with E-state index >= 15 is 0 Å². The Hall–Kier alpha value is -0.840. The van der Waals surface area contributed by atoms with Gasteiger partial charge in [-0.1, -0.05) is 0 Å². The Morgan fingerprint density at radius 1 is 0.333 bits per heavy atom. The molecular formula is C24H42O21. The summed E-state index contributed by atoms with van der Waals surface area (Å²) in [6.07, 6.45) is -34.1. The lowest BCUT2D eigenvalue weighted by Crippen LogP contribution is -2.63. The Balaban J connectivity index is 1.33. The average molecular weight is 667 g/mol. The van der Waals surface area contributed by atoms with E-state index in [4.69, 9.17) is 33.2 Å². The summed E-state index contributed by atoms with van der Waals surface area (Å²) in [6, 6.07) is 0. The van der Waals surface area contributed by atoms with Gasteiger partial charge in [-0.15, -0.1) is 0 Å². The lowest BCUT2D eigenvalue weighted by Gasteiger charge is -2.44. The lowest BCUT2D eigenvalue weighted by molar-refractivity contribution is -0.346. The van der Waals surface area contributed by atoms with E-state index in [1.165, 1.54) is 0 Å². The van der Waals surface area contributed by atoms with Crippen molar-refractivity contribution < 1.29 is 105 Å². The molecule has 0 spiro atoms. The third-order valence-electron chi connectivity index (χ3n) is 8.15. The number of ether oxygens (including phenoxy) is 7. The number of rotatable bonds is 10. The van der Waals surface area contributed by atoms with E-state index in [1.54, 1.807) is 0 Å². The van der Waals surface area contributed by atoms with Gasteiger partial charge in [0.15, 0.2) is 25.2 Å². The molecule has 45 heavy (non-hydrogen) atoms. The van der Waals surface area contributed by atoms with Gasteiger partial charge in [0.25, 0.3) is 0 Å². The third-order valence-corrected chi connectivity index (χ3v) is 8.15.